The van der Waals surface area contributed by atoms with Gasteiger partial charge in [0.05, 0.1) is 5.92 Å². The van der Waals surface area contributed by atoms with E-state index in [-0.39, 0.29) is 5.92 Å². The van der Waals surface area contributed by atoms with E-state index in [9.17, 15) is 4.79 Å². The van der Waals surface area contributed by atoms with E-state index in [2.05, 4.69) is 28.1 Å². The van der Waals surface area contributed by atoms with Crippen LogP contribution in [0.2, 0.25) is 0 Å². The maximum atomic E-state index is 10.9. The second-order valence-electron chi connectivity index (χ2n) is 4.82. The van der Waals surface area contributed by atoms with Crippen molar-refractivity contribution in [3.8, 4) is 0 Å². The Kier molecular flexibility index (Phi) is 2.70. The van der Waals surface area contributed by atoms with Gasteiger partial charge in [-0.25, -0.2) is 0 Å². The minimum atomic E-state index is -0.658. The smallest absolute Gasteiger partial charge is 0.306 e. The predicted molar refractivity (Wildman–Crippen MR) is 70.9 cm³/mol. The molecule has 2 heterocycles. The van der Waals surface area contributed by atoms with Crippen molar-refractivity contribution in [3.05, 3.63) is 30.5 Å². The van der Waals surface area contributed by atoms with Gasteiger partial charge in [0.15, 0.2) is 0 Å². The number of rotatable bonds is 2. The van der Waals surface area contributed by atoms with Gasteiger partial charge in [-0.05, 0) is 31.0 Å². The van der Waals surface area contributed by atoms with Crippen LogP contribution in [0.25, 0.3) is 10.9 Å². The van der Waals surface area contributed by atoms with Gasteiger partial charge in [0, 0.05) is 35.9 Å². The van der Waals surface area contributed by atoms with Gasteiger partial charge < -0.3 is 15.0 Å². The fraction of sp³-hybridized carbons (Fsp3) is 0.357. The zero-order chi connectivity index (χ0) is 12.5. The van der Waals surface area contributed by atoms with Crippen LogP contribution in [0.15, 0.2) is 30.5 Å². The van der Waals surface area contributed by atoms with Gasteiger partial charge in [-0.3, -0.25) is 4.79 Å². The lowest BCUT2D eigenvalue weighted by molar-refractivity contribution is -0.142. The summed E-state index contributed by atoms with van der Waals surface area (Å²) in [6.07, 6.45) is 3.41. The van der Waals surface area contributed by atoms with E-state index in [1.807, 2.05) is 12.3 Å². The van der Waals surface area contributed by atoms with Gasteiger partial charge in [0.2, 0.25) is 0 Å². The molecule has 1 aliphatic heterocycles. The molecule has 1 aromatic carbocycles. The number of hydrogen-bond acceptors (Lipinski definition) is 2. The van der Waals surface area contributed by atoms with Crippen molar-refractivity contribution in [3.63, 3.8) is 0 Å². The lowest BCUT2D eigenvalue weighted by Gasteiger charge is -2.32. The Morgan fingerprint density at radius 3 is 2.78 bits per heavy atom. The summed E-state index contributed by atoms with van der Waals surface area (Å²) in [6.45, 7) is 1.64. The molecule has 0 radical (unpaired) electrons. The van der Waals surface area contributed by atoms with Crippen LogP contribution >= 0.6 is 0 Å². The highest BCUT2D eigenvalue weighted by Crippen LogP contribution is 2.29. The normalized spacial score (nSPS) is 17.2. The van der Waals surface area contributed by atoms with Crippen molar-refractivity contribution in [1.82, 2.24) is 4.98 Å². The third-order valence-corrected chi connectivity index (χ3v) is 3.76. The van der Waals surface area contributed by atoms with E-state index < -0.39 is 5.97 Å². The number of carboxylic acids is 1. The number of fused-ring (bicyclic) bond motifs is 1. The monoisotopic (exact) mass is 244 g/mol. The van der Waals surface area contributed by atoms with E-state index in [1.165, 1.54) is 11.1 Å². The lowest BCUT2D eigenvalue weighted by atomic mass is 9.96. The largest absolute Gasteiger partial charge is 0.481 e. The summed E-state index contributed by atoms with van der Waals surface area (Å²) in [5.41, 5.74) is 2.34. The maximum Gasteiger partial charge on any atom is 0.306 e. The summed E-state index contributed by atoms with van der Waals surface area (Å²) in [5.74, 6) is -0.832. The molecule has 0 spiro atoms. The highest BCUT2D eigenvalue weighted by molar-refractivity contribution is 5.92. The van der Waals surface area contributed by atoms with Gasteiger partial charge in [-0.15, -0.1) is 0 Å². The van der Waals surface area contributed by atoms with Crippen molar-refractivity contribution in [2.75, 3.05) is 18.0 Å². The van der Waals surface area contributed by atoms with E-state index in [0.29, 0.717) is 0 Å². The number of aromatic nitrogens is 1. The van der Waals surface area contributed by atoms with Crippen LogP contribution < -0.4 is 4.90 Å². The molecule has 0 atom stereocenters. The van der Waals surface area contributed by atoms with Crippen LogP contribution in [0.5, 0.6) is 0 Å². The molecule has 0 aliphatic carbocycles. The Morgan fingerprint density at radius 1 is 1.28 bits per heavy atom. The van der Waals surface area contributed by atoms with Crippen LogP contribution in [0, 0.1) is 5.92 Å². The number of aromatic amines is 1. The molecule has 3 rings (SSSR count). The Hall–Kier alpha value is -1.97. The lowest BCUT2D eigenvalue weighted by Crippen LogP contribution is -2.36. The second kappa shape index (κ2) is 4.37. The van der Waals surface area contributed by atoms with Crippen LogP contribution in [0.1, 0.15) is 12.8 Å². The van der Waals surface area contributed by atoms with Gasteiger partial charge >= 0.3 is 5.97 Å². The molecule has 0 amide bonds. The molecule has 0 saturated carbocycles. The Balaban J connectivity index is 1.84. The molecule has 0 unspecified atom stereocenters. The first-order valence-electron chi connectivity index (χ1n) is 6.29. The maximum absolute atomic E-state index is 10.9. The zero-order valence-electron chi connectivity index (χ0n) is 10.1. The SMILES string of the molecule is O=C(O)C1CCN(c2cccc3[nH]ccc23)CC1. The summed E-state index contributed by atoms with van der Waals surface area (Å²) < 4.78 is 0. The Labute approximate surface area is 105 Å². The van der Waals surface area contributed by atoms with Crippen LogP contribution in [0.4, 0.5) is 5.69 Å². The molecule has 1 saturated heterocycles. The van der Waals surface area contributed by atoms with Crippen LogP contribution in [-0.4, -0.2) is 29.1 Å². The van der Waals surface area contributed by atoms with Crippen LogP contribution in [-0.2, 0) is 4.79 Å². The first-order valence-corrected chi connectivity index (χ1v) is 6.29. The molecular formula is C14H16N2O2. The second-order valence-corrected chi connectivity index (χ2v) is 4.82. The molecule has 4 nitrogen and oxygen atoms in total. The Bertz CT molecular complexity index is 568. The van der Waals surface area contributed by atoms with Gasteiger partial charge in [0.25, 0.3) is 0 Å². The van der Waals surface area contributed by atoms with Gasteiger partial charge in [-0.2, -0.15) is 0 Å². The number of nitrogens with zero attached hydrogens (tertiary/aromatic N) is 1. The van der Waals surface area contributed by atoms with E-state index in [1.54, 1.807) is 0 Å². The molecular weight excluding hydrogens is 228 g/mol. The highest BCUT2D eigenvalue weighted by atomic mass is 16.4. The predicted octanol–water partition coefficient (Wildman–Crippen LogP) is 2.47. The average molecular weight is 244 g/mol. The topological polar surface area (TPSA) is 56.3 Å². The third kappa shape index (κ3) is 1.83. The van der Waals surface area contributed by atoms with Crippen molar-refractivity contribution < 1.29 is 9.90 Å². The molecule has 2 N–H and O–H groups in total. The number of nitrogens with one attached hydrogen (secondary N) is 1. The number of carboxylic acid groups (broad SMARTS) is 1. The fourth-order valence-electron chi connectivity index (χ4n) is 2.71. The summed E-state index contributed by atoms with van der Waals surface area (Å²) in [4.78, 5) is 16.4. The number of aliphatic carboxylic acids is 1. The van der Waals surface area contributed by atoms with Crippen molar-refractivity contribution in [2.45, 2.75) is 12.8 Å². The summed E-state index contributed by atoms with van der Waals surface area (Å²) in [7, 11) is 0. The first-order chi connectivity index (χ1) is 8.75. The average Bonchev–Trinajstić information content (AvgIpc) is 2.87. The molecule has 2 aromatic rings. The molecule has 1 aromatic heterocycles. The molecule has 94 valence electrons. The molecule has 18 heavy (non-hydrogen) atoms. The number of carbonyl (C=O) groups is 1. The molecule has 1 fully saturated rings. The molecule has 0 bridgehead atoms. The van der Waals surface area contributed by atoms with Crippen molar-refractivity contribution in [1.29, 1.82) is 0 Å². The number of anilines is 1. The quantitative estimate of drug-likeness (QED) is 0.853. The number of piperidine rings is 1. The van der Waals surface area contributed by atoms with E-state index >= 15 is 0 Å². The van der Waals surface area contributed by atoms with Crippen molar-refractivity contribution in [2.24, 2.45) is 5.92 Å². The molecule has 4 heteroatoms. The van der Waals surface area contributed by atoms with E-state index in [0.717, 1.165) is 31.4 Å². The minimum Gasteiger partial charge on any atom is -0.481 e. The molecule has 1 aliphatic rings. The summed E-state index contributed by atoms with van der Waals surface area (Å²) in [6, 6.07) is 8.28. The first kappa shape index (κ1) is 11.1. The fourth-order valence-corrected chi connectivity index (χ4v) is 2.71. The number of hydrogen-bond donors (Lipinski definition) is 2. The number of H-pyrrole nitrogens is 1. The van der Waals surface area contributed by atoms with Gasteiger partial charge in [0.1, 0.15) is 0 Å². The summed E-state index contributed by atoms with van der Waals surface area (Å²) >= 11 is 0. The zero-order valence-corrected chi connectivity index (χ0v) is 10.1. The van der Waals surface area contributed by atoms with E-state index in [4.69, 9.17) is 5.11 Å². The number of benzene rings is 1. The van der Waals surface area contributed by atoms with Crippen molar-refractivity contribution >= 4 is 22.6 Å². The highest BCUT2D eigenvalue weighted by Gasteiger charge is 2.25. The third-order valence-electron chi connectivity index (χ3n) is 3.76. The van der Waals surface area contributed by atoms with Crippen LogP contribution in [0.3, 0.4) is 0 Å². The summed E-state index contributed by atoms with van der Waals surface area (Å²) in [5, 5.41) is 10.2. The minimum absolute atomic E-state index is 0.174. The Morgan fingerprint density at radius 2 is 2.06 bits per heavy atom. The van der Waals surface area contributed by atoms with Gasteiger partial charge in [-0.1, -0.05) is 6.07 Å². The standard InChI is InChI=1S/C14H16N2O2/c17-14(18)10-5-8-16(9-6-10)13-3-1-2-12-11(13)4-7-15-12/h1-4,7,10,15H,5-6,8-9H2,(H,17,18).